The molecule has 0 saturated heterocycles. The number of rotatable bonds is 4. The van der Waals surface area contributed by atoms with Crippen LogP contribution in [-0.4, -0.2) is 18.7 Å². The van der Waals surface area contributed by atoms with Crippen molar-refractivity contribution in [1.82, 2.24) is 18.7 Å². The smallest absolute Gasteiger partial charge is 0.145 e. The molecule has 0 aliphatic rings. The van der Waals surface area contributed by atoms with E-state index in [0.29, 0.717) is 0 Å². The molecule has 0 aliphatic heterocycles. The molecule has 0 fully saturated rings. The van der Waals surface area contributed by atoms with E-state index in [0.717, 1.165) is 33.8 Å². The van der Waals surface area contributed by atoms with Gasteiger partial charge in [-0.2, -0.15) is 0 Å². The second-order valence-corrected chi connectivity index (χ2v) is 15.0. The molecule has 0 radical (unpaired) electrons. The van der Waals surface area contributed by atoms with Crippen molar-refractivity contribution in [3.05, 3.63) is 182 Å². The van der Waals surface area contributed by atoms with Gasteiger partial charge in [-0.25, -0.2) is 4.98 Å². The Morgan fingerprint density at radius 3 is 1.72 bits per heavy atom. The molecule has 0 unspecified atom stereocenters. The van der Waals surface area contributed by atoms with Gasteiger partial charge >= 0.3 is 0 Å². The highest BCUT2D eigenvalue weighted by molar-refractivity contribution is 7.26. The van der Waals surface area contributed by atoms with Gasteiger partial charge in [-0.15, -0.1) is 11.3 Å². The zero-order valence-electron chi connectivity index (χ0n) is 29.0. The van der Waals surface area contributed by atoms with Crippen molar-refractivity contribution in [3.63, 3.8) is 0 Å². The number of imidazole rings is 1. The van der Waals surface area contributed by atoms with Crippen LogP contribution in [0.4, 0.5) is 0 Å². The summed E-state index contributed by atoms with van der Waals surface area (Å²) in [6, 6.07) is 65.7. The highest BCUT2D eigenvalue weighted by atomic mass is 32.1. The van der Waals surface area contributed by atoms with Gasteiger partial charge < -0.3 is 9.13 Å². The number of nitrogens with zero attached hydrogens (tertiary/aromatic N) is 4. The van der Waals surface area contributed by atoms with Crippen molar-refractivity contribution in [2.75, 3.05) is 0 Å². The normalized spacial score (nSPS) is 12.1. The number of aromatic nitrogens is 4. The molecule has 54 heavy (non-hydrogen) atoms. The van der Waals surface area contributed by atoms with Crippen LogP contribution >= 0.6 is 11.3 Å². The predicted molar refractivity (Wildman–Crippen MR) is 228 cm³/mol. The highest BCUT2D eigenvalue weighted by Crippen LogP contribution is 2.44. The number of para-hydroxylation sites is 5. The van der Waals surface area contributed by atoms with Crippen LogP contribution in [0, 0.1) is 0 Å². The molecule has 0 aliphatic carbocycles. The van der Waals surface area contributed by atoms with Gasteiger partial charge in [-0.05, 0) is 72.8 Å². The first-order chi connectivity index (χ1) is 26.8. The number of benzene rings is 8. The van der Waals surface area contributed by atoms with E-state index in [2.05, 4.69) is 196 Å². The number of hydrogen-bond acceptors (Lipinski definition) is 2. The minimum absolute atomic E-state index is 0.934. The average Bonchev–Trinajstić information content (AvgIpc) is 3.99. The van der Waals surface area contributed by atoms with Crippen LogP contribution in [0.2, 0.25) is 0 Å². The van der Waals surface area contributed by atoms with Crippen LogP contribution in [0.5, 0.6) is 0 Å². The molecule has 0 spiro atoms. The van der Waals surface area contributed by atoms with E-state index in [9.17, 15) is 0 Å². The molecule has 0 atom stereocenters. The molecule has 5 heteroatoms. The summed E-state index contributed by atoms with van der Waals surface area (Å²) >= 11 is 1.89. The van der Waals surface area contributed by atoms with E-state index >= 15 is 0 Å². The van der Waals surface area contributed by atoms with E-state index in [-0.39, 0.29) is 0 Å². The van der Waals surface area contributed by atoms with Crippen LogP contribution in [0.15, 0.2) is 182 Å². The van der Waals surface area contributed by atoms with Crippen molar-refractivity contribution >= 4 is 86.2 Å². The van der Waals surface area contributed by atoms with Gasteiger partial charge in [-0.3, -0.25) is 4.57 Å². The zero-order valence-corrected chi connectivity index (χ0v) is 29.8. The predicted octanol–water partition coefficient (Wildman–Crippen LogP) is 13.3. The molecule has 0 bridgehead atoms. The van der Waals surface area contributed by atoms with Crippen LogP contribution < -0.4 is 0 Å². The number of fused-ring (bicyclic) bond motifs is 11. The van der Waals surface area contributed by atoms with E-state index in [4.69, 9.17) is 4.98 Å². The Morgan fingerprint density at radius 2 is 0.963 bits per heavy atom. The average molecular weight is 707 g/mol. The Labute approximate surface area is 314 Å². The maximum atomic E-state index is 5.11. The van der Waals surface area contributed by atoms with Gasteiger partial charge in [0.05, 0.1) is 33.1 Å². The van der Waals surface area contributed by atoms with Gasteiger partial charge in [0.25, 0.3) is 0 Å². The molecular weight excluding hydrogens is 677 g/mol. The summed E-state index contributed by atoms with van der Waals surface area (Å²) < 4.78 is 9.75. The topological polar surface area (TPSA) is 27.7 Å². The zero-order chi connectivity index (χ0) is 35.3. The van der Waals surface area contributed by atoms with Crippen LogP contribution in [0.1, 0.15) is 0 Å². The third kappa shape index (κ3) is 4.15. The summed E-state index contributed by atoms with van der Waals surface area (Å²) in [5.41, 5.74) is 11.4. The van der Waals surface area contributed by atoms with Gasteiger partial charge in [0.1, 0.15) is 5.82 Å². The molecular formula is C49H30N4S. The number of hydrogen-bond donors (Lipinski definition) is 0. The monoisotopic (exact) mass is 706 g/mol. The van der Waals surface area contributed by atoms with Crippen molar-refractivity contribution in [1.29, 1.82) is 0 Å². The second kappa shape index (κ2) is 11.3. The molecule has 4 heterocycles. The molecule has 12 aromatic rings. The summed E-state index contributed by atoms with van der Waals surface area (Å²) in [6.45, 7) is 0. The lowest BCUT2D eigenvalue weighted by Crippen LogP contribution is -2.00. The van der Waals surface area contributed by atoms with Crippen LogP contribution in [0.25, 0.3) is 103 Å². The lowest BCUT2D eigenvalue weighted by molar-refractivity contribution is 1.09. The first-order valence-electron chi connectivity index (χ1n) is 18.3. The fraction of sp³-hybridized carbons (Fsp3) is 0. The molecule has 252 valence electrons. The van der Waals surface area contributed by atoms with E-state index < -0.39 is 0 Å². The Morgan fingerprint density at radius 1 is 0.370 bits per heavy atom. The van der Waals surface area contributed by atoms with Crippen LogP contribution in [-0.2, 0) is 0 Å². The maximum Gasteiger partial charge on any atom is 0.145 e. The number of thiophene rings is 1. The Balaban J connectivity index is 1.08. The highest BCUT2D eigenvalue weighted by Gasteiger charge is 2.20. The Kier molecular flexibility index (Phi) is 6.18. The maximum absolute atomic E-state index is 5.11. The summed E-state index contributed by atoms with van der Waals surface area (Å²) in [7, 11) is 0. The molecule has 4 aromatic heterocycles. The van der Waals surface area contributed by atoms with Gasteiger partial charge in [0.15, 0.2) is 0 Å². The summed E-state index contributed by atoms with van der Waals surface area (Å²) in [5, 5.41) is 7.69. The molecule has 12 rings (SSSR count). The largest absolute Gasteiger partial charge is 0.309 e. The standard InChI is InChI=1S/C49H30N4S/c1-2-13-31(14-3-1)49-50-40-20-7-11-24-44(40)53(49)33-16-12-15-32(29-33)52-43-23-10-6-19-38(43)47-45(52)27-26-37-39-30-34(25-28-46(39)54-48(37)47)51-41-21-8-4-17-35(41)36-18-5-9-22-42(36)51/h1-30H. The fourth-order valence-corrected chi connectivity index (χ4v) is 9.97. The van der Waals surface area contributed by atoms with E-state index in [1.54, 1.807) is 0 Å². The molecule has 0 saturated carbocycles. The summed E-state index contributed by atoms with van der Waals surface area (Å²) in [6.07, 6.45) is 0. The second-order valence-electron chi connectivity index (χ2n) is 14.0. The Bertz CT molecular complexity index is 3400. The summed E-state index contributed by atoms with van der Waals surface area (Å²) in [4.78, 5) is 5.11. The lowest BCUT2D eigenvalue weighted by atomic mass is 10.1. The quantitative estimate of drug-likeness (QED) is 0.179. The van der Waals surface area contributed by atoms with Crippen molar-refractivity contribution < 1.29 is 0 Å². The first kappa shape index (κ1) is 29.6. The van der Waals surface area contributed by atoms with Gasteiger partial charge in [0.2, 0.25) is 0 Å². The minimum atomic E-state index is 0.934. The van der Waals surface area contributed by atoms with Gasteiger partial charge in [0, 0.05) is 64.3 Å². The van der Waals surface area contributed by atoms with E-state index in [1.165, 1.54) is 69.5 Å². The van der Waals surface area contributed by atoms with Gasteiger partial charge in [-0.1, -0.05) is 109 Å². The van der Waals surface area contributed by atoms with Crippen molar-refractivity contribution in [2.45, 2.75) is 0 Å². The van der Waals surface area contributed by atoms with Crippen molar-refractivity contribution in [2.24, 2.45) is 0 Å². The third-order valence-electron chi connectivity index (χ3n) is 11.0. The summed E-state index contributed by atoms with van der Waals surface area (Å²) in [5.74, 6) is 0.934. The fourth-order valence-electron chi connectivity index (χ4n) is 8.73. The lowest BCUT2D eigenvalue weighted by Gasteiger charge is -2.13. The SMILES string of the molecule is c1ccc(-c2nc3ccccc3n2-c2cccc(-n3c4ccccc4c4c5sc6ccc(-n7c8ccccc8c8ccccc87)cc6c5ccc43)c2)cc1. The minimum Gasteiger partial charge on any atom is -0.309 e. The molecule has 0 amide bonds. The molecule has 8 aromatic carbocycles. The molecule has 0 N–H and O–H groups in total. The van der Waals surface area contributed by atoms with E-state index in [1.807, 2.05) is 11.3 Å². The molecule has 4 nitrogen and oxygen atoms in total. The van der Waals surface area contributed by atoms with Crippen LogP contribution in [0.3, 0.4) is 0 Å². The third-order valence-corrected chi connectivity index (χ3v) is 12.2. The Hall–Kier alpha value is -6.95. The van der Waals surface area contributed by atoms with Crippen molar-refractivity contribution in [3.8, 4) is 28.5 Å². The first-order valence-corrected chi connectivity index (χ1v) is 19.1.